The van der Waals surface area contributed by atoms with E-state index in [1.54, 1.807) is 23.7 Å². The SMILES string of the molecule is Cc1ccc(Cn2nc(C)c(/C=C/C(=O)OCc3cc(C)on3)c2Cl)cc1. The van der Waals surface area contributed by atoms with Crippen molar-refractivity contribution >= 4 is 23.6 Å². The van der Waals surface area contributed by atoms with Crippen LogP contribution in [0.25, 0.3) is 6.08 Å². The molecule has 1 aromatic carbocycles. The summed E-state index contributed by atoms with van der Waals surface area (Å²) in [7, 11) is 0. The lowest BCUT2D eigenvalue weighted by atomic mass is 10.1. The Labute approximate surface area is 162 Å². The van der Waals surface area contributed by atoms with Crippen LogP contribution in [0.3, 0.4) is 0 Å². The number of aryl methyl sites for hydroxylation is 3. The van der Waals surface area contributed by atoms with E-state index in [1.165, 1.54) is 11.6 Å². The first-order valence-corrected chi connectivity index (χ1v) is 8.85. The maximum Gasteiger partial charge on any atom is 0.331 e. The number of carbonyl (C=O) groups is 1. The molecule has 0 N–H and O–H groups in total. The van der Waals surface area contributed by atoms with E-state index >= 15 is 0 Å². The van der Waals surface area contributed by atoms with Gasteiger partial charge in [0.15, 0.2) is 0 Å². The lowest BCUT2D eigenvalue weighted by Gasteiger charge is -2.04. The molecule has 0 unspecified atom stereocenters. The third-order valence-electron chi connectivity index (χ3n) is 3.99. The van der Waals surface area contributed by atoms with Gasteiger partial charge in [-0.15, -0.1) is 0 Å². The Bertz CT molecular complexity index is 971. The molecule has 27 heavy (non-hydrogen) atoms. The molecule has 2 aromatic heterocycles. The van der Waals surface area contributed by atoms with Crippen molar-refractivity contribution in [2.24, 2.45) is 0 Å². The summed E-state index contributed by atoms with van der Waals surface area (Å²) >= 11 is 6.44. The molecule has 6 nitrogen and oxygen atoms in total. The molecule has 0 atom stereocenters. The summed E-state index contributed by atoms with van der Waals surface area (Å²) in [6.45, 7) is 6.28. The van der Waals surface area contributed by atoms with Crippen LogP contribution in [0.4, 0.5) is 0 Å². The first-order chi connectivity index (χ1) is 12.9. The fraction of sp³-hybridized carbons (Fsp3) is 0.250. The zero-order chi connectivity index (χ0) is 19.4. The zero-order valence-electron chi connectivity index (χ0n) is 15.4. The number of hydrogen-bond acceptors (Lipinski definition) is 5. The van der Waals surface area contributed by atoms with E-state index in [2.05, 4.69) is 10.3 Å². The van der Waals surface area contributed by atoms with Gasteiger partial charge in [-0.25, -0.2) is 9.48 Å². The van der Waals surface area contributed by atoms with Crippen LogP contribution in [-0.2, 0) is 22.7 Å². The van der Waals surface area contributed by atoms with Crippen LogP contribution >= 0.6 is 11.6 Å². The average molecular weight is 386 g/mol. The Balaban J connectivity index is 1.65. The molecule has 0 bridgehead atoms. The molecule has 0 saturated heterocycles. The molecule has 7 heteroatoms. The Morgan fingerprint density at radius 3 is 2.67 bits per heavy atom. The number of benzene rings is 1. The van der Waals surface area contributed by atoms with Gasteiger partial charge in [-0.3, -0.25) is 0 Å². The number of halogens is 1. The number of carbonyl (C=O) groups excluding carboxylic acids is 1. The van der Waals surface area contributed by atoms with Gasteiger partial charge in [0, 0.05) is 17.7 Å². The first kappa shape index (κ1) is 18.9. The van der Waals surface area contributed by atoms with Crippen molar-refractivity contribution in [2.75, 3.05) is 0 Å². The topological polar surface area (TPSA) is 70.2 Å². The third kappa shape index (κ3) is 4.86. The van der Waals surface area contributed by atoms with Gasteiger partial charge in [0.05, 0.1) is 12.2 Å². The van der Waals surface area contributed by atoms with E-state index in [1.807, 2.05) is 38.1 Å². The van der Waals surface area contributed by atoms with Crippen molar-refractivity contribution in [3.8, 4) is 0 Å². The largest absolute Gasteiger partial charge is 0.456 e. The third-order valence-corrected chi connectivity index (χ3v) is 4.39. The van der Waals surface area contributed by atoms with Crippen LogP contribution in [0, 0.1) is 20.8 Å². The van der Waals surface area contributed by atoms with E-state index < -0.39 is 5.97 Å². The van der Waals surface area contributed by atoms with Gasteiger partial charge in [0.2, 0.25) is 0 Å². The van der Waals surface area contributed by atoms with Gasteiger partial charge in [-0.2, -0.15) is 5.10 Å². The molecule has 2 heterocycles. The minimum atomic E-state index is -0.489. The molecule has 0 aliphatic rings. The van der Waals surface area contributed by atoms with Crippen molar-refractivity contribution in [3.63, 3.8) is 0 Å². The summed E-state index contributed by atoms with van der Waals surface area (Å²) in [5.41, 5.74) is 4.29. The van der Waals surface area contributed by atoms with Gasteiger partial charge in [0.1, 0.15) is 23.2 Å². The highest BCUT2D eigenvalue weighted by Crippen LogP contribution is 2.22. The molecular weight excluding hydrogens is 366 g/mol. The molecule has 0 amide bonds. The van der Waals surface area contributed by atoms with E-state index in [0.29, 0.717) is 28.7 Å². The fourth-order valence-corrected chi connectivity index (χ4v) is 2.86. The summed E-state index contributed by atoms with van der Waals surface area (Å²) < 4.78 is 11.8. The van der Waals surface area contributed by atoms with Crippen molar-refractivity contribution in [3.05, 3.63) is 75.4 Å². The summed E-state index contributed by atoms with van der Waals surface area (Å²) in [4.78, 5) is 11.9. The summed E-state index contributed by atoms with van der Waals surface area (Å²) in [5.74, 6) is 0.178. The number of nitrogens with zero attached hydrogens (tertiary/aromatic N) is 3. The van der Waals surface area contributed by atoms with E-state index in [-0.39, 0.29) is 6.61 Å². The minimum absolute atomic E-state index is 0.0555. The van der Waals surface area contributed by atoms with E-state index in [9.17, 15) is 4.79 Å². The fourth-order valence-electron chi connectivity index (χ4n) is 2.56. The predicted octanol–water partition coefficient (Wildman–Crippen LogP) is 4.25. The predicted molar refractivity (Wildman–Crippen MR) is 102 cm³/mol. The lowest BCUT2D eigenvalue weighted by molar-refractivity contribution is -0.139. The van der Waals surface area contributed by atoms with Gasteiger partial charge >= 0.3 is 5.97 Å². The highest BCUT2D eigenvalue weighted by Gasteiger charge is 2.12. The Morgan fingerprint density at radius 2 is 2.00 bits per heavy atom. The summed E-state index contributed by atoms with van der Waals surface area (Å²) in [6.07, 6.45) is 2.95. The highest BCUT2D eigenvalue weighted by molar-refractivity contribution is 6.31. The van der Waals surface area contributed by atoms with Crippen LogP contribution in [0.15, 0.2) is 40.9 Å². The number of ether oxygens (including phenoxy) is 1. The summed E-state index contributed by atoms with van der Waals surface area (Å²) in [5, 5.41) is 8.71. The number of aromatic nitrogens is 3. The molecule has 0 spiro atoms. The van der Waals surface area contributed by atoms with Crippen molar-refractivity contribution < 1.29 is 14.1 Å². The Hall–Kier alpha value is -2.86. The van der Waals surface area contributed by atoms with Crippen LogP contribution in [0.1, 0.15) is 33.8 Å². The maximum absolute atomic E-state index is 11.9. The molecule has 0 saturated carbocycles. The molecule has 0 fully saturated rings. The maximum atomic E-state index is 11.9. The monoisotopic (exact) mass is 385 g/mol. The molecular formula is C20H20ClN3O3. The normalized spacial score (nSPS) is 11.3. The van der Waals surface area contributed by atoms with Crippen LogP contribution in [0.5, 0.6) is 0 Å². The molecule has 0 aliphatic carbocycles. The molecule has 3 aromatic rings. The quantitative estimate of drug-likeness (QED) is 0.468. The zero-order valence-corrected chi connectivity index (χ0v) is 16.2. The van der Waals surface area contributed by atoms with Crippen LogP contribution in [0.2, 0.25) is 5.15 Å². The van der Waals surface area contributed by atoms with Gasteiger partial charge in [-0.05, 0) is 32.4 Å². The number of rotatable bonds is 6. The molecule has 0 radical (unpaired) electrons. The van der Waals surface area contributed by atoms with Crippen LogP contribution in [-0.4, -0.2) is 20.9 Å². The smallest absolute Gasteiger partial charge is 0.331 e. The van der Waals surface area contributed by atoms with E-state index in [0.717, 1.165) is 11.3 Å². The first-order valence-electron chi connectivity index (χ1n) is 8.48. The van der Waals surface area contributed by atoms with Gasteiger partial charge < -0.3 is 9.26 Å². The second-order valence-electron chi connectivity index (χ2n) is 6.30. The summed E-state index contributed by atoms with van der Waals surface area (Å²) in [6, 6.07) is 9.90. The Kier molecular flexibility index (Phi) is 5.76. The van der Waals surface area contributed by atoms with Crippen LogP contribution < -0.4 is 0 Å². The van der Waals surface area contributed by atoms with Gasteiger partial charge in [-0.1, -0.05) is 46.6 Å². The molecule has 3 rings (SSSR count). The van der Waals surface area contributed by atoms with Gasteiger partial charge in [0.25, 0.3) is 0 Å². The number of esters is 1. The lowest BCUT2D eigenvalue weighted by Crippen LogP contribution is -2.02. The van der Waals surface area contributed by atoms with Crippen molar-refractivity contribution in [2.45, 2.75) is 33.9 Å². The van der Waals surface area contributed by atoms with Crippen molar-refractivity contribution in [1.29, 1.82) is 0 Å². The Morgan fingerprint density at radius 1 is 1.26 bits per heavy atom. The second kappa shape index (κ2) is 8.22. The second-order valence-corrected chi connectivity index (χ2v) is 6.66. The molecule has 140 valence electrons. The minimum Gasteiger partial charge on any atom is -0.456 e. The highest BCUT2D eigenvalue weighted by atomic mass is 35.5. The number of hydrogen-bond donors (Lipinski definition) is 0. The van der Waals surface area contributed by atoms with E-state index in [4.69, 9.17) is 20.9 Å². The molecule has 0 aliphatic heterocycles. The standard InChI is InChI=1S/C20H20ClN3O3/c1-13-4-6-16(7-5-13)11-24-20(21)18(15(3)22-24)8-9-19(25)26-12-17-10-14(2)27-23-17/h4-10H,11-12H2,1-3H3/b9-8+. The van der Waals surface area contributed by atoms with Crippen molar-refractivity contribution in [1.82, 2.24) is 14.9 Å². The average Bonchev–Trinajstić information content (AvgIpc) is 3.17.